The van der Waals surface area contributed by atoms with E-state index in [1.165, 1.54) is 308 Å². The van der Waals surface area contributed by atoms with E-state index in [4.69, 9.17) is 18.9 Å². The first-order chi connectivity index (χ1) is 40.9. The van der Waals surface area contributed by atoms with Gasteiger partial charge in [0.1, 0.15) is 0 Å². The molecule has 0 aliphatic heterocycles. The number of ether oxygens (including phenoxy) is 4. The van der Waals surface area contributed by atoms with Crippen LogP contribution in [0.4, 0.5) is 0 Å². The Hall–Kier alpha value is -0.160. The molecule has 496 valence electrons. The Morgan fingerprint density at radius 2 is 0.494 bits per heavy atom. The van der Waals surface area contributed by atoms with Crippen molar-refractivity contribution in [3.8, 4) is 0 Å². The Labute approximate surface area is 524 Å². The van der Waals surface area contributed by atoms with Gasteiger partial charge >= 0.3 is 0 Å². The van der Waals surface area contributed by atoms with E-state index in [1.807, 2.05) is 28.4 Å². The third-order valence-corrected chi connectivity index (χ3v) is 22.4. The Bertz CT molecular complexity index is 1290. The van der Waals surface area contributed by atoms with Crippen molar-refractivity contribution in [2.75, 3.05) is 54.9 Å². The molecular formula is C79H156O4. The van der Waals surface area contributed by atoms with Crippen molar-refractivity contribution < 1.29 is 18.9 Å². The van der Waals surface area contributed by atoms with Gasteiger partial charge in [-0.25, -0.2) is 0 Å². The summed E-state index contributed by atoms with van der Waals surface area (Å²) in [4.78, 5) is 0. The molecule has 0 amide bonds. The Morgan fingerprint density at radius 1 is 0.241 bits per heavy atom. The predicted octanol–water partition coefficient (Wildman–Crippen LogP) is 25.9. The maximum absolute atomic E-state index is 5.27. The quantitative estimate of drug-likeness (QED) is 0.0569. The normalized spacial score (nSPS) is 24.5. The highest BCUT2D eigenvalue weighted by atomic mass is 16.5. The molecule has 0 aromatic heterocycles. The van der Waals surface area contributed by atoms with Crippen LogP contribution in [0.3, 0.4) is 0 Å². The minimum absolute atomic E-state index is 0.941. The minimum atomic E-state index is 0.941. The highest BCUT2D eigenvalue weighted by molar-refractivity contribution is 4.97. The van der Waals surface area contributed by atoms with E-state index in [1.54, 1.807) is 44.9 Å². The van der Waals surface area contributed by atoms with Gasteiger partial charge in [0.25, 0.3) is 0 Å². The Kier molecular flexibility index (Phi) is 55.4. The third kappa shape index (κ3) is 39.6. The van der Waals surface area contributed by atoms with Gasteiger partial charge in [0, 0.05) is 54.9 Å². The molecule has 3 aliphatic carbocycles. The number of rotatable bonds is 58. The summed E-state index contributed by atoms with van der Waals surface area (Å²) in [6.07, 6.45) is 79.7. The van der Waals surface area contributed by atoms with Crippen LogP contribution in [0.2, 0.25) is 0 Å². The molecule has 0 spiro atoms. The van der Waals surface area contributed by atoms with Crippen molar-refractivity contribution >= 4 is 0 Å². The number of unbranched alkanes of at least 4 members (excludes halogenated alkanes) is 34. The summed E-state index contributed by atoms with van der Waals surface area (Å²) in [6, 6.07) is 0. The minimum Gasteiger partial charge on any atom is -0.385 e. The molecule has 0 aromatic carbocycles. The van der Waals surface area contributed by atoms with E-state index in [-0.39, 0.29) is 0 Å². The van der Waals surface area contributed by atoms with Gasteiger partial charge in [-0.1, -0.05) is 304 Å². The van der Waals surface area contributed by atoms with Gasteiger partial charge in [-0.15, -0.1) is 0 Å². The maximum Gasteiger partial charge on any atom is 0.0462 e. The lowest BCUT2D eigenvalue weighted by molar-refractivity contribution is -0.0344. The van der Waals surface area contributed by atoms with Crippen molar-refractivity contribution in [1.82, 2.24) is 0 Å². The molecule has 3 rings (SSSR count). The molecule has 3 fully saturated rings. The molecule has 0 heterocycles. The van der Waals surface area contributed by atoms with Crippen LogP contribution in [0.15, 0.2) is 0 Å². The predicted molar refractivity (Wildman–Crippen MR) is 368 cm³/mol. The summed E-state index contributed by atoms with van der Waals surface area (Å²) in [5.41, 5.74) is 0. The first-order valence-corrected chi connectivity index (χ1v) is 38.9. The van der Waals surface area contributed by atoms with Crippen LogP contribution < -0.4 is 0 Å². The van der Waals surface area contributed by atoms with Crippen LogP contribution >= 0.6 is 0 Å². The lowest BCUT2D eigenvalue weighted by Crippen LogP contribution is -2.45. The highest BCUT2D eigenvalue weighted by Gasteiger charge is 2.47. The molecule has 0 aromatic rings. The summed E-state index contributed by atoms with van der Waals surface area (Å²) >= 11 is 0. The summed E-state index contributed by atoms with van der Waals surface area (Å²) in [6.45, 7) is 15.9. The zero-order valence-corrected chi connectivity index (χ0v) is 58.7. The second-order valence-corrected chi connectivity index (χ2v) is 29.1. The third-order valence-electron chi connectivity index (χ3n) is 22.4. The molecule has 4 nitrogen and oxygen atoms in total. The van der Waals surface area contributed by atoms with Crippen LogP contribution in [-0.4, -0.2) is 54.9 Å². The first kappa shape index (κ1) is 78.9. The molecule has 11 unspecified atom stereocenters. The Balaban J connectivity index is 0.000000568. The molecule has 3 aliphatic rings. The van der Waals surface area contributed by atoms with Crippen LogP contribution in [-0.2, 0) is 18.9 Å². The van der Waals surface area contributed by atoms with Gasteiger partial charge in [0.15, 0.2) is 0 Å². The van der Waals surface area contributed by atoms with Gasteiger partial charge in [-0.05, 0) is 149 Å². The molecule has 4 heteroatoms. The molecule has 0 saturated heterocycles. The van der Waals surface area contributed by atoms with E-state index in [0.29, 0.717) is 0 Å². The zero-order valence-electron chi connectivity index (χ0n) is 58.7. The summed E-state index contributed by atoms with van der Waals surface area (Å²) in [5.74, 6) is 11.2. The largest absolute Gasteiger partial charge is 0.385 e. The average Bonchev–Trinajstić information content (AvgIpc) is 2.86. The molecule has 3 saturated carbocycles. The van der Waals surface area contributed by atoms with E-state index >= 15 is 0 Å². The fraction of sp³-hybridized carbons (Fsp3) is 1.00. The van der Waals surface area contributed by atoms with Gasteiger partial charge in [0.05, 0.1) is 0 Å². The highest BCUT2D eigenvalue weighted by Crippen LogP contribution is 2.56. The maximum atomic E-state index is 5.27. The van der Waals surface area contributed by atoms with Crippen LogP contribution in [0.25, 0.3) is 0 Å². The van der Waals surface area contributed by atoms with Gasteiger partial charge < -0.3 is 18.9 Å². The fourth-order valence-electron chi connectivity index (χ4n) is 17.5. The van der Waals surface area contributed by atoms with E-state index in [2.05, 4.69) is 34.6 Å². The van der Waals surface area contributed by atoms with Crippen molar-refractivity contribution in [3.05, 3.63) is 0 Å². The second-order valence-electron chi connectivity index (χ2n) is 29.1. The van der Waals surface area contributed by atoms with Crippen molar-refractivity contribution in [1.29, 1.82) is 0 Å². The molecular weight excluding hydrogens is 1010 g/mol. The molecule has 0 N–H and O–H groups in total. The van der Waals surface area contributed by atoms with Crippen molar-refractivity contribution in [3.63, 3.8) is 0 Å². The smallest absolute Gasteiger partial charge is 0.0462 e. The van der Waals surface area contributed by atoms with Crippen LogP contribution in [0.1, 0.15) is 388 Å². The van der Waals surface area contributed by atoms with Gasteiger partial charge in [-0.3, -0.25) is 0 Å². The monoisotopic (exact) mass is 1170 g/mol. The molecule has 0 bridgehead atoms. The first-order valence-electron chi connectivity index (χ1n) is 38.9. The summed E-state index contributed by atoms with van der Waals surface area (Å²) in [7, 11) is 7.35. The van der Waals surface area contributed by atoms with E-state index in [0.717, 1.165) is 91.5 Å². The lowest BCUT2D eigenvalue weighted by atomic mass is 9.52. The average molecular weight is 1170 g/mol. The SMILES string of the molecule is CCCCCCC1CC2CC(C)C(CCCCCCCCOC)C(CCCCCCCCOC)C2CC1CCCCCC.CCCCCCCCC1C(CCCCCC)CCC(CCCCCCCCOC)C1CCCCCCCCOC. The second kappa shape index (κ2) is 58.2. The fourth-order valence-corrected chi connectivity index (χ4v) is 17.5. The molecule has 83 heavy (non-hydrogen) atoms. The number of fused-ring (bicyclic) bond motifs is 1. The van der Waals surface area contributed by atoms with Gasteiger partial charge in [0.2, 0.25) is 0 Å². The number of hydrogen-bond donors (Lipinski definition) is 0. The lowest BCUT2D eigenvalue weighted by Gasteiger charge is -2.53. The topological polar surface area (TPSA) is 36.9 Å². The molecule has 0 radical (unpaired) electrons. The zero-order chi connectivity index (χ0) is 59.9. The van der Waals surface area contributed by atoms with E-state index < -0.39 is 0 Å². The standard InChI is InChI=1S/C41H80O2.C38H76O2/c1-6-8-10-20-26-36-33-38-32-35(3)39(28-22-16-12-14-18-24-30-42-4)40(29-23-17-13-15-19-25-31-43-5)41(38)34-37(36)27-21-11-9-7-2;1-5-7-9-11-17-23-29-37-35(27-21-10-8-6-2)31-32-36(28-22-16-12-14-19-25-33-39-3)38(37)30-24-18-13-15-20-26-34-40-4/h35-41H,6-34H2,1-5H3;35-38H,5-34H2,1-4H3. The number of hydrogen-bond acceptors (Lipinski definition) is 4. The van der Waals surface area contributed by atoms with Crippen molar-refractivity contribution in [2.45, 2.75) is 388 Å². The summed E-state index contributed by atoms with van der Waals surface area (Å²) in [5, 5.41) is 0. The Morgan fingerprint density at radius 3 is 0.831 bits per heavy atom. The number of methoxy groups -OCH3 is 4. The van der Waals surface area contributed by atoms with Crippen LogP contribution in [0.5, 0.6) is 0 Å². The van der Waals surface area contributed by atoms with Crippen LogP contribution in [0, 0.1) is 65.1 Å². The van der Waals surface area contributed by atoms with E-state index in [9.17, 15) is 0 Å². The molecule has 11 atom stereocenters. The van der Waals surface area contributed by atoms with Crippen molar-refractivity contribution in [2.24, 2.45) is 65.1 Å². The summed E-state index contributed by atoms with van der Waals surface area (Å²) < 4.78 is 21.0. The van der Waals surface area contributed by atoms with Gasteiger partial charge in [-0.2, -0.15) is 0 Å².